The summed E-state index contributed by atoms with van der Waals surface area (Å²) in [5.41, 5.74) is 9.53. The summed E-state index contributed by atoms with van der Waals surface area (Å²) in [5, 5.41) is 3.13. The number of carbonyl (C=O) groups excluding carboxylic acids is 2. The highest BCUT2D eigenvalue weighted by molar-refractivity contribution is 7.81. The summed E-state index contributed by atoms with van der Waals surface area (Å²) in [7, 11) is -1.07. The molecule has 0 spiro atoms. The average Bonchev–Trinajstić information content (AvgIpc) is 3.05. The summed E-state index contributed by atoms with van der Waals surface area (Å²) in [6.45, 7) is 5.97. The summed E-state index contributed by atoms with van der Waals surface area (Å²) in [5.74, 6) is -1.78. The number of nitrogens with zero attached hydrogens (tertiary/aromatic N) is 2. The van der Waals surface area contributed by atoms with Crippen LogP contribution in [0.15, 0.2) is 73.3 Å². The minimum Gasteiger partial charge on any atom is -0.465 e. The van der Waals surface area contributed by atoms with Crippen LogP contribution in [0.4, 0.5) is 20.2 Å². The van der Waals surface area contributed by atoms with Crippen molar-refractivity contribution in [1.82, 2.24) is 9.97 Å². The summed E-state index contributed by atoms with van der Waals surface area (Å²) < 4.78 is 65.9. The molecule has 0 aliphatic rings. The Bertz CT molecular complexity index is 1750. The standard InChI is InChI=1S/C15H15FN2O2.C13H11FN2O2.C4H10O4S/c1-3-18-14-8-10(15(19)20-2)4-5-12(14)11-6-7-17-9-13(11)16;1-18-13(17)8-2-3-10(12(15)6-8)9-4-5-16-7-11(9)14;1-3-7-9(5,6)8-4-2/h4-9,18H,3H2,1-2H3;2-7H,15H2,1H3;3-4H2,1-2H3. The highest BCUT2D eigenvalue weighted by Gasteiger charge is 2.14. The molecule has 2 aromatic carbocycles. The molecule has 2 aromatic heterocycles. The van der Waals surface area contributed by atoms with Crippen LogP contribution in [0, 0.1) is 11.6 Å². The molecule has 2 heterocycles. The Labute approximate surface area is 272 Å². The van der Waals surface area contributed by atoms with E-state index in [9.17, 15) is 26.8 Å². The third kappa shape index (κ3) is 11.4. The van der Waals surface area contributed by atoms with Crippen molar-refractivity contribution in [3.05, 3.63) is 96.1 Å². The third-order valence-corrected chi connectivity index (χ3v) is 6.98. The molecule has 4 rings (SSSR count). The number of benzene rings is 2. The number of nitrogen functional groups attached to an aromatic ring is 1. The number of carbonyl (C=O) groups is 2. The van der Waals surface area contributed by atoms with Crippen molar-refractivity contribution < 1.29 is 44.6 Å². The molecule has 0 radical (unpaired) electrons. The van der Waals surface area contributed by atoms with E-state index in [1.54, 1.807) is 44.2 Å². The van der Waals surface area contributed by atoms with E-state index < -0.39 is 34.0 Å². The molecular formula is C32H36F2N4O8S. The number of halogens is 2. The number of nitrogens with two attached hydrogens (primary N) is 1. The van der Waals surface area contributed by atoms with Crippen molar-refractivity contribution in [1.29, 1.82) is 0 Å². The normalized spacial score (nSPS) is 10.4. The Morgan fingerprint density at radius 1 is 0.745 bits per heavy atom. The minimum atomic E-state index is -3.68. The zero-order valence-electron chi connectivity index (χ0n) is 26.5. The number of methoxy groups -OCH3 is 2. The van der Waals surface area contributed by atoms with Gasteiger partial charge < -0.3 is 20.5 Å². The second-order valence-electron chi connectivity index (χ2n) is 9.01. The van der Waals surface area contributed by atoms with Gasteiger partial charge in [0.2, 0.25) is 0 Å². The fourth-order valence-electron chi connectivity index (χ4n) is 3.92. The number of anilines is 2. The molecule has 0 atom stereocenters. The first-order valence-electron chi connectivity index (χ1n) is 14.1. The Morgan fingerprint density at radius 2 is 1.21 bits per heavy atom. The maximum Gasteiger partial charge on any atom is 0.399 e. The monoisotopic (exact) mass is 674 g/mol. The number of ether oxygens (including phenoxy) is 2. The molecule has 4 aromatic rings. The lowest BCUT2D eigenvalue weighted by molar-refractivity contribution is 0.0592. The predicted octanol–water partition coefficient (Wildman–Crippen LogP) is 5.67. The largest absolute Gasteiger partial charge is 0.465 e. The third-order valence-electron chi connectivity index (χ3n) is 5.93. The number of pyridine rings is 2. The summed E-state index contributed by atoms with van der Waals surface area (Å²) in [4.78, 5) is 30.3. The smallest absolute Gasteiger partial charge is 0.399 e. The van der Waals surface area contributed by atoms with Gasteiger partial charge in [-0.3, -0.25) is 9.97 Å². The van der Waals surface area contributed by atoms with E-state index in [0.717, 1.165) is 6.20 Å². The van der Waals surface area contributed by atoms with E-state index >= 15 is 0 Å². The maximum absolute atomic E-state index is 13.8. The van der Waals surface area contributed by atoms with Crippen molar-refractivity contribution in [3.8, 4) is 22.3 Å². The predicted molar refractivity (Wildman–Crippen MR) is 173 cm³/mol. The molecule has 252 valence electrons. The van der Waals surface area contributed by atoms with Gasteiger partial charge in [0, 0.05) is 52.6 Å². The molecular weight excluding hydrogens is 638 g/mol. The average molecular weight is 675 g/mol. The van der Waals surface area contributed by atoms with Gasteiger partial charge in [0.25, 0.3) is 0 Å². The van der Waals surface area contributed by atoms with Gasteiger partial charge in [0.1, 0.15) is 11.6 Å². The highest BCUT2D eigenvalue weighted by atomic mass is 32.3. The molecule has 0 saturated carbocycles. The van der Waals surface area contributed by atoms with E-state index in [-0.39, 0.29) is 13.2 Å². The molecule has 0 aliphatic carbocycles. The van der Waals surface area contributed by atoms with Crippen LogP contribution in [0.5, 0.6) is 0 Å². The zero-order chi connectivity index (χ0) is 35.0. The summed E-state index contributed by atoms with van der Waals surface area (Å²) in [6.07, 6.45) is 5.29. The van der Waals surface area contributed by atoms with Gasteiger partial charge in [-0.05, 0) is 57.2 Å². The second-order valence-corrected chi connectivity index (χ2v) is 10.3. The molecule has 0 aliphatic heterocycles. The SMILES string of the molecule is CCNc1cc(C(=O)OC)ccc1-c1ccncc1F.CCOS(=O)(=O)OCC.COC(=O)c1ccc(-c2ccncc2F)c(N)c1. The van der Waals surface area contributed by atoms with Crippen LogP contribution in [-0.4, -0.2) is 64.3 Å². The molecule has 15 heteroatoms. The first kappa shape index (κ1) is 38.2. The van der Waals surface area contributed by atoms with Gasteiger partial charge in [0.15, 0.2) is 0 Å². The number of hydrogen-bond acceptors (Lipinski definition) is 12. The fraction of sp³-hybridized carbons (Fsp3) is 0.250. The summed E-state index contributed by atoms with van der Waals surface area (Å²) in [6, 6.07) is 12.7. The van der Waals surface area contributed by atoms with Gasteiger partial charge >= 0.3 is 22.3 Å². The molecule has 12 nitrogen and oxygen atoms in total. The second kappa shape index (κ2) is 18.9. The van der Waals surface area contributed by atoms with Crippen LogP contribution in [0.3, 0.4) is 0 Å². The van der Waals surface area contributed by atoms with Crippen molar-refractivity contribution in [2.45, 2.75) is 20.8 Å². The minimum absolute atomic E-state index is 0.113. The lowest BCUT2D eigenvalue weighted by atomic mass is 10.0. The Kier molecular flexibility index (Phi) is 15.3. The van der Waals surface area contributed by atoms with Crippen LogP contribution in [0.1, 0.15) is 41.5 Å². The lowest BCUT2D eigenvalue weighted by Crippen LogP contribution is -2.09. The number of aromatic nitrogens is 2. The van der Waals surface area contributed by atoms with Crippen molar-refractivity contribution in [3.63, 3.8) is 0 Å². The molecule has 0 amide bonds. The van der Waals surface area contributed by atoms with Crippen molar-refractivity contribution >= 4 is 33.7 Å². The van der Waals surface area contributed by atoms with Gasteiger partial charge in [0.05, 0.1) is 51.0 Å². The van der Waals surface area contributed by atoms with E-state index in [1.165, 1.54) is 51.0 Å². The molecule has 0 unspecified atom stereocenters. The number of hydrogen-bond donors (Lipinski definition) is 2. The Balaban J connectivity index is 0.000000263. The molecule has 0 bridgehead atoms. The van der Waals surface area contributed by atoms with Crippen LogP contribution >= 0.6 is 0 Å². The van der Waals surface area contributed by atoms with Crippen molar-refractivity contribution in [2.24, 2.45) is 0 Å². The number of nitrogens with one attached hydrogen (secondary N) is 1. The lowest BCUT2D eigenvalue weighted by Gasteiger charge is -2.13. The fourth-order valence-corrected chi connectivity index (χ4v) is 4.57. The van der Waals surface area contributed by atoms with E-state index in [4.69, 9.17) is 5.73 Å². The first-order valence-corrected chi connectivity index (χ1v) is 15.4. The zero-order valence-corrected chi connectivity index (χ0v) is 27.3. The van der Waals surface area contributed by atoms with Crippen LogP contribution in [0.25, 0.3) is 22.3 Å². The number of rotatable bonds is 10. The number of esters is 2. The van der Waals surface area contributed by atoms with Gasteiger partial charge in [-0.15, -0.1) is 0 Å². The van der Waals surface area contributed by atoms with Crippen LogP contribution in [0.2, 0.25) is 0 Å². The van der Waals surface area contributed by atoms with Crippen LogP contribution < -0.4 is 11.1 Å². The Morgan fingerprint density at radius 3 is 1.64 bits per heavy atom. The van der Waals surface area contributed by atoms with Gasteiger partial charge in [-0.1, -0.05) is 12.1 Å². The quantitative estimate of drug-likeness (QED) is 0.156. The van der Waals surface area contributed by atoms with E-state index in [2.05, 4.69) is 33.1 Å². The first-order chi connectivity index (χ1) is 22.4. The molecule has 0 fully saturated rings. The van der Waals surface area contributed by atoms with Crippen LogP contribution in [-0.2, 0) is 28.2 Å². The summed E-state index contributed by atoms with van der Waals surface area (Å²) >= 11 is 0. The van der Waals surface area contributed by atoms with Gasteiger partial charge in [-0.2, -0.15) is 8.42 Å². The molecule has 0 saturated heterocycles. The molecule has 3 N–H and O–H groups in total. The topological polar surface area (TPSA) is 169 Å². The highest BCUT2D eigenvalue weighted by Crippen LogP contribution is 2.31. The van der Waals surface area contributed by atoms with E-state index in [0.29, 0.717) is 51.3 Å². The van der Waals surface area contributed by atoms with Crippen molar-refractivity contribution in [2.75, 3.05) is 45.0 Å². The maximum atomic E-state index is 13.8. The van der Waals surface area contributed by atoms with Gasteiger partial charge in [-0.25, -0.2) is 26.7 Å². The van der Waals surface area contributed by atoms with E-state index in [1.807, 2.05) is 6.92 Å². The Hall–Kier alpha value is -4.99. The molecule has 47 heavy (non-hydrogen) atoms.